The summed E-state index contributed by atoms with van der Waals surface area (Å²) in [6.45, 7) is 3.03. The first-order valence-electron chi connectivity index (χ1n) is 8.17. The fourth-order valence-corrected chi connectivity index (χ4v) is 4.97. The number of halogens is 1. The Labute approximate surface area is 130 Å². The Hall–Kier alpha value is -0.350. The predicted molar refractivity (Wildman–Crippen MR) is 85.3 cm³/mol. The second kappa shape index (κ2) is 6.18. The van der Waals surface area contributed by atoms with Gasteiger partial charge in [0.15, 0.2) is 0 Å². The van der Waals surface area contributed by atoms with E-state index in [1.165, 1.54) is 50.6 Å². The van der Waals surface area contributed by atoms with Crippen LogP contribution in [0.1, 0.15) is 63.6 Å². The van der Waals surface area contributed by atoms with Crippen LogP contribution in [0.25, 0.3) is 0 Å². The molecule has 2 saturated carbocycles. The monoisotopic (exact) mass is 339 g/mol. The molecule has 2 fully saturated rings. The molecule has 4 atom stereocenters. The van der Waals surface area contributed by atoms with E-state index >= 15 is 0 Å². The lowest BCUT2D eigenvalue weighted by Gasteiger charge is -2.41. The van der Waals surface area contributed by atoms with Gasteiger partial charge in [0.25, 0.3) is 0 Å². The third kappa shape index (κ3) is 2.69. The SMILES string of the molecule is CCn1ncc(Br)c1C(N)C1CCC2CCCCC2C1. The third-order valence-corrected chi connectivity index (χ3v) is 6.15. The number of nitrogens with zero attached hydrogens (tertiary/aromatic N) is 2. The van der Waals surface area contributed by atoms with Crippen molar-refractivity contribution >= 4 is 15.9 Å². The summed E-state index contributed by atoms with van der Waals surface area (Å²) in [4.78, 5) is 0. The maximum atomic E-state index is 6.62. The van der Waals surface area contributed by atoms with Gasteiger partial charge in [0.1, 0.15) is 0 Å². The molecule has 4 unspecified atom stereocenters. The lowest BCUT2D eigenvalue weighted by Crippen LogP contribution is -2.34. The molecule has 2 aliphatic carbocycles. The van der Waals surface area contributed by atoms with Gasteiger partial charge in [-0.25, -0.2) is 0 Å². The van der Waals surface area contributed by atoms with Gasteiger partial charge in [-0.1, -0.05) is 25.7 Å². The minimum Gasteiger partial charge on any atom is -0.322 e. The number of fused-ring (bicyclic) bond motifs is 1. The van der Waals surface area contributed by atoms with E-state index in [2.05, 4.69) is 32.6 Å². The third-order valence-electron chi connectivity index (χ3n) is 5.54. The molecule has 2 N–H and O–H groups in total. The Bertz CT molecular complexity index is 457. The Balaban J connectivity index is 1.74. The van der Waals surface area contributed by atoms with Crippen LogP contribution < -0.4 is 5.73 Å². The molecule has 2 aliphatic rings. The average Bonchev–Trinajstić information content (AvgIpc) is 2.87. The first-order valence-corrected chi connectivity index (χ1v) is 8.96. The van der Waals surface area contributed by atoms with E-state index in [4.69, 9.17) is 5.73 Å². The molecular weight excluding hydrogens is 314 g/mol. The van der Waals surface area contributed by atoms with Gasteiger partial charge in [-0.15, -0.1) is 0 Å². The van der Waals surface area contributed by atoms with Gasteiger partial charge < -0.3 is 5.73 Å². The van der Waals surface area contributed by atoms with Gasteiger partial charge >= 0.3 is 0 Å². The zero-order chi connectivity index (χ0) is 14.1. The van der Waals surface area contributed by atoms with Crippen LogP contribution in [0.2, 0.25) is 0 Å². The van der Waals surface area contributed by atoms with Gasteiger partial charge in [-0.05, 0) is 59.9 Å². The lowest BCUT2D eigenvalue weighted by molar-refractivity contribution is 0.115. The van der Waals surface area contributed by atoms with Crippen LogP contribution in [-0.4, -0.2) is 9.78 Å². The van der Waals surface area contributed by atoms with Crippen LogP contribution in [0.4, 0.5) is 0 Å². The molecule has 3 nitrogen and oxygen atoms in total. The smallest absolute Gasteiger partial charge is 0.0696 e. The highest BCUT2D eigenvalue weighted by Gasteiger charge is 2.36. The Kier molecular flexibility index (Phi) is 4.51. The van der Waals surface area contributed by atoms with Crippen molar-refractivity contribution in [2.75, 3.05) is 0 Å². The molecule has 0 radical (unpaired) electrons. The average molecular weight is 340 g/mol. The molecule has 0 aromatic carbocycles. The molecule has 0 aliphatic heterocycles. The first-order chi connectivity index (χ1) is 9.70. The molecule has 1 aromatic heterocycles. The molecule has 1 aromatic rings. The second-order valence-corrected chi connectivity index (χ2v) is 7.45. The molecule has 1 heterocycles. The van der Waals surface area contributed by atoms with Crippen LogP contribution >= 0.6 is 15.9 Å². The maximum Gasteiger partial charge on any atom is 0.0696 e. The van der Waals surface area contributed by atoms with Crippen molar-refractivity contribution in [3.63, 3.8) is 0 Å². The summed E-state index contributed by atoms with van der Waals surface area (Å²) < 4.78 is 3.14. The van der Waals surface area contributed by atoms with Crippen LogP contribution in [-0.2, 0) is 6.54 Å². The van der Waals surface area contributed by atoms with E-state index in [-0.39, 0.29) is 6.04 Å². The summed E-state index contributed by atoms with van der Waals surface area (Å²) in [7, 11) is 0. The minimum atomic E-state index is 0.134. The van der Waals surface area contributed by atoms with Crippen LogP contribution in [0.3, 0.4) is 0 Å². The molecule has 0 bridgehead atoms. The van der Waals surface area contributed by atoms with Crippen molar-refractivity contribution in [2.45, 2.75) is 64.5 Å². The normalized spacial score (nSPS) is 31.9. The van der Waals surface area contributed by atoms with E-state index in [1.807, 2.05) is 6.20 Å². The fraction of sp³-hybridized carbons (Fsp3) is 0.812. The number of aryl methyl sites for hydroxylation is 1. The Morgan fingerprint density at radius 2 is 2.05 bits per heavy atom. The standard InChI is InChI=1S/C16H26BrN3/c1-2-20-16(14(17)10-19-20)15(18)13-8-7-11-5-3-4-6-12(11)9-13/h10-13,15H,2-9,18H2,1H3. The van der Waals surface area contributed by atoms with E-state index in [9.17, 15) is 0 Å². The highest BCUT2D eigenvalue weighted by atomic mass is 79.9. The molecule has 3 rings (SSSR count). The van der Waals surface area contributed by atoms with E-state index in [0.717, 1.165) is 22.9 Å². The Morgan fingerprint density at radius 1 is 1.30 bits per heavy atom. The van der Waals surface area contributed by atoms with Crippen molar-refractivity contribution in [1.29, 1.82) is 0 Å². The predicted octanol–water partition coefficient (Wildman–Crippen LogP) is 4.27. The fourth-order valence-electron chi connectivity index (χ4n) is 4.41. The lowest BCUT2D eigenvalue weighted by atomic mass is 9.66. The summed E-state index contributed by atoms with van der Waals surface area (Å²) in [5.74, 6) is 2.56. The van der Waals surface area contributed by atoms with Crippen molar-refractivity contribution in [3.05, 3.63) is 16.4 Å². The number of nitrogens with two attached hydrogens (primary N) is 1. The summed E-state index contributed by atoms with van der Waals surface area (Å²) in [5.41, 5.74) is 7.82. The van der Waals surface area contributed by atoms with Crippen molar-refractivity contribution in [2.24, 2.45) is 23.5 Å². The number of hydrogen-bond acceptors (Lipinski definition) is 2. The van der Waals surface area contributed by atoms with E-state index in [1.54, 1.807) is 0 Å². The maximum absolute atomic E-state index is 6.62. The van der Waals surface area contributed by atoms with Gasteiger partial charge in [0.05, 0.1) is 22.4 Å². The van der Waals surface area contributed by atoms with Crippen LogP contribution in [0, 0.1) is 17.8 Å². The largest absolute Gasteiger partial charge is 0.322 e. The molecule has 0 spiro atoms. The highest BCUT2D eigenvalue weighted by molar-refractivity contribution is 9.10. The zero-order valence-electron chi connectivity index (χ0n) is 12.4. The van der Waals surface area contributed by atoms with Crippen molar-refractivity contribution < 1.29 is 0 Å². The minimum absolute atomic E-state index is 0.134. The number of rotatable bonds is 3. The summed E-state index contributed by atoms with van der Waals surface area (Å²) in [6.07, 6.45) is 11.7. The summed E-state index contributed by atoms with van der Waals surface area (Å²) >= 11 is 3.63. The van der Waals surface area contributed by atoms with Gasteiger partial charge in [-0.2, -0.15) is 5.10 Å². The van der Waals surface area contributed by atoms with Crippen LogP contribution in [0.5, 0.6) is 0 Å². The first kappa shape index (κ1) is 14.6. The van der Waals surface area contributed by atoms with Gasteiger partial charge in [-0.3, -0.25) is 4.68 Å². The second-order valence-electron chi connectivity index (χ2n) is 6.60. The molecule has 0 amide bonds. The molecule has 20 heavy (non-hydrogen) atoms. The molecule has 112 valence electrons. The van der Waals surface area contributed by atoms with Crippen molar-refractivity contribution in [3.8, 4) is 0 Å². The number of hydrogen-bond donors (Lipinski definition) is 1. The summed E-state index contributed by atoms with van der Waals surface area (Å²) in [6, 6.07) is 0.134. The van der Waals surface area contributed by atoms with E-state index in [0.29, 0.717) is 5.92 Å². The van der Waals surface area contributed by atoms with Gasteiger partial charge in [0.2, 0.25) is 0 Å². The van der Waals surface area contributed by atoms with Crippen molar-refractivity contribution in [1.82, 2.24) is 9.78 Å². The van der Waals surface area contributed by atoms with Gasteiger partial charge in [0, 0.05) is 6.54 Å². The highest BCUT2D eigenvalue weighted by Crippen LogP contribution is 2.46. The topological polar surface area (TPSA) is 43.8 Å². The molecular formula is C16H26BrN3. The Morgan fingerprint density at radius 3 is 2.80 bits per heavy atom. The molecule has 4 heteroatoms. The zero-order valence-corrected chi connectivity index (χ0v) is 14.0. The van der Waals surface area contributed by atoms with E-state index < -0.39 is 0 Å². The summed E-state index contributed by atoms with van der Waals surface area (Å²) in [5, 5.41) is 4.42. The molecule has 0 saturated heterocycles. The quantitative estimate of drug-likeness (QED) is 0.893. The van der Waals surface area contributed by atoms with Crippen LogP contribution in [0.15, 0.2) is 10.7 Å². The number of aromatic nitrogens is 2.